The van der Waals surface area contributed by atoms with E-state index in [1.165, 1.54) is 6.07 Å². The Kier molecular flexibility index (Phi) is 2.36. The molecule has 1 heterocycles. The van der Waals surface area contributed by atoms with Crippen molar-refractivity contribution < 1.29 is 17.6 Å². The van der Waals surface area contributed by atoms with Gasteiger partial charge in [0, 0.05) is 0 Å². The molecule has 18 heavy (non-hydrogen) atoms. The molecule has 3 rings (SSSR count). The predicted octanol–water partition coefficient (Wildman–Crippen LogP) is 3.99. The van der Waals surface area contributed by atoms with Crippen molar-refractivity contribution in [3.05, 3.63) is 29.3 Å². The molecule has 0 aliphatic heterocycles. The van der Waals surface area contributed by atoms with Gasteiger partial charge in [-0.2, -0.15) is 13.2 Å². The molecule has 0 radical (unpaired) electrons. The maximum Gasteiger partial charge on any atom is 0.421 e. The Morgan fingerprint density at radius 3 is 2.56 bits per heavy atom. The number of H-pyrrole nitrogens is 1. The number of nitrogens with zero attached hydrogens (tertiary/aromatic N) is 1. The first kappa shape index (κ1) is 11.5. The van der Waals surface area contributed by atoms with Crippen LogP contribution in [0, 0.1) is 5.82 Å². The normalized spacial score (nSPS) is 17.1. The summed E-state index contributed by atoms with van der Waals surface area (Å²) in [4.78, 5) is 6.20. The summed E-state index contributed by atoms with van der Waals surface area (Å²) in [5.74, 6) is -1.26. The SMILES string of the molecule is Fc1c(C2CCC2)cc2[nH]cnc2c1C(F)(F)F. The largest absolute Gasteiger partial charge is 0.421 e. The summed E-state index contributed by atoms with van der Waals surface area (Å²) in [5.41, 5.74) is -1.19. The monoisotopic (exact) mass is 258 g/mol. The van der Waals surface area contributed by atoms with Crippen molar-refractivity contribution >= 4 is 11.0 Å². The zero-order valence-corrected chi connectivity index (χ0v) is 9.31. The highest BCUT2D eigenvalue weighted by atomic mass is 19.4. The second-order valence-corrected chi connectivity index (χ2v) is 4.58. The fourth-order valence-corrected chi connectivity index (χ4v) is 2.36. The number of alkyl halides is 3. The third-order valence-corrected chi connectivity index (χ3v) is 3.51. The van der Waals surface area contributed by atoms with Crippen molar-refractivity contribution in [1.82, 2.24) is 9.97 Å². The molecule has 6 heteroatoms. The Bertz CT molecular complexity index is 596. The molecule has 0 unspecified atom stereocenters. The van der Waals surface area contributed by atoms with Gasteiger partial charge in [-0.1, -0.05) is 6.42 Å². The Labute approximate surface area is 100 Å². The number of halogens is 4. The van der Waals surface area contributed by atoms with Gasteiger partial charge in [0.15, 0.2) is 0 Å². The Balaban J connectivity index is 2.29. The highest BCUT2D eigenvalue weighted by molar-refractivity contribution is 5.80. The van der Waals surface area contributed by atoms with Crippen LogP contribution in [0.25, 0.3) is 11.0 Å². The molecule has 1 aromatic carbocycles. The molecule has 0 bridgehead atoms. The molecule has 96 valence electrons. The predicted molar refractivity (Wildman–Crippen MR) is 57.6 cm³/mol. The van der Waals surface area contributed by atoms with Crippen LogP contribution < -0.4 is 0 Å². The fourth-order valence-electron chi connectivity index (χ4n) is 2.36. The third-order valence-electron chi connectivity index (χ3n) is 3.51. The minimum absolute atomic E-state index is 0.0983. The highest BCUT2D eigenvalue weighted by Gasteiger charge is 2.39. The molecular formula is C12H10F4N2. The first-order valence-corrected chi connectivity index (χ1v) is 5.71. The van der Waals surface area contributed by atoms with Crippen LogP contribution in [0.1, 0.15) is 36.3 Å². The highest BCUT2D eigenvalue weighted by Crippen LogP contribution is 2.43. The number of aromatic nitrogens is 2. The summed E-state index contributed by atoms with van der Waals surface area (Å²) < 4.78 is 52.9. The van der Waals surface area contributed by atoms with Crippen molar-refractivity contribution in [2.75, 3.05) is 0 Å². The van der Waals surface area contributed by atoms with Gasteiger partial charge in [0.1, 0.15) is 16.9 Å². The number of aromatic amines is 1. The average molecular weight is 258 g/mol. The van der Waals surface area contributed by atoms with Gasteiger partial charge in [0.05, 0.1) is 11.8 Å². The number of hydrogen-bond donors (Lipinski definition) is 1. The van der Waals surface area contributed by atoms with Crippen molar-refractivity contribution in [2.45, 2.75) is 31.4 Å². The number of nitrogens with one attached hydrogen (secondary N) is 1. The number of rotatable bonds is 1. The quantitative estimate of drug-likeness (QED) is 0.770. The lowest BCUT2D eigenvalue weighted by molar-refractivity contribution is -0.138. The lowest BCUT2D eigenvalue weighted by atomic mass is 9.79. The van der Waals surface area contributed by atoms with Crippen molar-refractivity contribution in [1.29, 1.82) is 0 Å². The van der Waals surface area contributed by atoms with Crippen LogP contribution in [-0.2, 0) is 6.18 Å². The summed E-state index contributed by atoms with van der Waals surface area (Å²) in [6.07, 6.45) is -1.14. The molecular weight excluding hydrogens is 248 g/mol. The van der Waals surface area contributed by atoms with Gasteiger partial charge in [-0.15, -0.1) is 0 Å². The zero-order valence-electron chi connectivity index (χ0n) is 9.31. The van der Waals surface area contributed by atoms with E-state index >= 15 is 0 Å². The minimum atomic E-state index is -4.72. The topological polar surface area (TPSA) is 28.7 Å². The molecule has 1 aliphatic carbocycles. The zero-order chi connectivity index (χ0) is 12.9. The number of fused-ring (bicyclic) bond motifs is 1. The summed E-state index contributed by atoms with van der Waals surface area (Å²) in [6.45, 7) is 0. The maximum absolute atomic E-state index is 14.1. The smallest absolute Gasteiger partial charge is 0.345 e. The number of hydrogen-bond acceptors (Lipinski definition) is 1. The Morgan fingerprint density at radius 2 is 2.00 bits per heavy atom. The van der Waals surface area contributed by atoms with Gasteiger partial charge in [-0.25, -0.2) is 9.37 Å². The van der Waals surface area contributed by atoms with E-state index < -0.39 is 17.6 Å². The first-order valence-electron chi connectivity index (χ1n) is 5.71. The number of benzene rings is 1. The van der Waals surface area contributed by atoms with Crippen molar-refractivity contribution in [3.8, 4) is 0 Å². The van der Waals surface area contributed by atoms with E-state index in [1.54, 1.807) is 0 Å². The number of imidazole rings is 1. The second kappa shape index (κ2) is 3.70. The molecule has 1 aliphatic rings. The molecule has 0 saturated heterocycles. The lowest BCUT2D eigenvalue weighted by Crippen LogP contribution is -2.16. The van der Waals surface area contributed by atoms with Crippen LogP contribution in [-0.4, -0.2) is 9.97 Å². The van der Waals surface area contributed by atoms with E-state index in [0.29, 0.717) is 0 Å². The molecule has 2 aromatic rings. The lowest BCUT2D eigenvalue weighted by Gasteiger charge is -2.27. The summed E-state index contributed by atoms with van der Waals surface area (Å²) in [6, 6.07) is 1.46. The summed E-state index contributed by atoms with van der Waals surface area (Å²) >= 11 is 0. The van der Waals surface area contributed by atoms with Gasteiger partial charge in [0.2, 0.25) is 0 Å². The Hall–Kier alpha value is -1.59. The fraction of sp³-hybridized carbons (Fsp3) is 0.417. The molecule has 0 spiro atoms. The van der Waals surface area contributed by atoms with E-state index in [0.717, 1.165) is 25.6 Å². The van der Waals surface area contributed by atoms with Crippen LogP contribution in [0.3, 0.4) is 0 Å². The first-order chi connectivity index (χ1) is 8.48. The summed E-state index contributed by atoms with van der Waals surface area (Å²) in [5, 5.41) is 0. The second-order valence-electron chi connectivity index (χ2n) is 4.58. The van der Waals surface area contributed by atoms with Crippen LogP contribution in [0.5, 0.6) is 0 Å². The van der Waals surface area contributed by atoms with Gasteiger partial charge in [-0.05, 0) is 30.4 Å². The molecule has 1 N–H and O–H groups in total. The standard InChI is InChI=1S/C12H10F4N2/c13-10-7(6-2-1-3-6)4-8-11(18-5-17-8)9(10)12(14,15)16/h4-6H,1-3H2,(H,17,18). The van der Waals surface area contributed by atoms with Gasteiger partial charge >= 0.3 is 6.18 Å². The van der Waals surface area contributed by atoms with Crippen LogP contribution in [0.2, 0.25) is 0 Å². The minimum Gasteiger partial charge on any atom is -0.345 e. The van der Waals surface area contributed by atoms with Crippen LogP contribution in [0.15, 0.2) is 12.4 Å². The summed E-state index contributed by atoms with van der Waals surface area (Å²) in [7, 11) is 0. The van der Waals surface area contributed by atoms with Crippen LogP contribution >= 0.6 is 0 Å². The van der Waals surface area contributed by atoms with E-state index in [1.807, 2.05) is 0 Å². The third kappa shape index (κ3) is 1.59. The molecule has 1 fully saturated rings. The Morgan fingerprint density at radius 1 is 1.28 bits per heavy atom. The van der Waals surface area contributed by atoms with E-state index in [9.17, 15) is 17.6 Å². The maximum atomic E-state index is 14.1. The van der Waals surface area contributed by atoms with Crippen molar-refractivity contribution in [3.63, 3.8) is 0 Å². The molecule has 0 amide bonds. The van der Waals surface area contributed by atoms with Gasteiger partial charge < -0.3 is 4.98 Å². The molecule has 1 aromatic heterocycles. The van der Waals surface area contributed by atoms with E-state index in [-0.39, 0.29) is 22.5 Å². The van der Waals surface area contributed by atoms with Crippen molar-refractivity contribution in [2.24, 2.45) is 0 Å². The average Bonchev–Trinajstić information content (AvgIpc) is 2.60. The van der Waals surface area contributed by atoms with Crippen LogP contribution in [0.4, 0.5) is 17.6 Å². The molecule has 0 atom stereocenters. The van der Waals surface area contributed by atoms with Gasteiger partial charge in [0.25, 0.3) is 0 Å². The van der Waals surface area contributed by atoms with Gasteiger partial charge in [-0.3, -0.25) is 0 Å². The molecule has 1 saturated carbocycles. The molecule has 2 nitrogen and oxygen atoms in total. The van der Waals surface area contributed by atoms with E-state index in [2.05, 4.69) is 9.97 Å². The van der Waals surface area contributed by atoms with E-state index in [4.69, 9.17) is 0 Å².